The van der Waals surface area contributed by atoms with Gasteiger partial charge in [-0.05, 0) is 30.3 Å². The van der Waals surface area contributed by atoms with Crippen molar-refractivity contribution in [2.75, 3.05) is 5.32 Å². The summed E-state index contributed by atoms with van der Waals surface area (Å²) in [6.45, 7) is 0. The van der Waals surface area contributed by atoms with Crippen LogP contribution in [0.5, 0.6) is 11.5 Å². The van der Waals surface area contributed by atoms with E-state index in [9.17, 15) is 4.39 Å². The van der Waals surface area contributed by atoms with E-state index in [2.05, 4.69) is 15.3 Å². The maximum Gasteiger partial charge on any atom is 0.153 e. The molecule has 0 radical (unpaired) electrons. The Morgan fingerprint density at radius 2 is 1.96 bits per heavy atom. The van der Waals surface area contributed by atoms with Gasteiger partial charge in [-0.25, -0.2) is 14.4 Å². The Labute approximate surface area is 152 Å². The molecule has 0 spiro atoms. The molecule has 0 aliphatic carbocycles. The van der Waals surface area contributed by atoms with E-state index in [1.54, 1.807) is 24.3 Å². The number of nitriles is 1. The smallest absolute Gasteiger partial charge is 0.153 e. The number of benzene rings is 2. The summed E-state index contributed by atoms with van der Waals surface area (Å²) < 4.78 is 18.8. The molecule has 3 aromatic rings. The standard InChI is InChI=1S/C17H9Cl2FN4O/c18-14-7-11(24-17-13(8-21)16(19)22-9-23-17)4-5-15(14)25-12-3-1-2-10(20)6-12/h1-7,9H,(H,22,23,24). The summed E-state index contributed by atoms with van der Waals surface area (Å²) in [6.07, 6.45) is 1.24. The number of rotatable bonds is 4. The first kappa shape index (κ1) is 17.0. The van der Waals surface area contributed by atoms with Gasteiger partial charge in [0.2, 0.25) is 0 Å². The summed E-state index contributed by atoms with van der Waals surface area (Å²) in [5.41, 5.74) is 0.697. The first-order chi connectivity index (χ1) is 12.1. The molecule has 5 nitrogen and oxygen atoms in total. The Balaban J connectivity index is 1.83. The van der Waals surface area contributed by atoms with Crippen LogP contribution in [0.2, 0.25) is 10.2 Å². The third kappa shape index (κ3) is 3.97. The topological polar surface area (TPSA) is 70.8 Å². The fourth-order valence-corrected chi connectivity index (χ4v) is 2.41. The molecule has 0 saturated carbocycles. The summed E-state index contributed by atoms with van der Waals surface area (Å²) in [5, 5.41) is 12.4. The predicted octanol–water partition coefficient (Wildman–Crippen LogP) is 5.33. The third-order valence-corrected chi connectivity index (χ3v) is 3.71. The van der Waals surface area contributed by atoms with Crippen molar-refractivity contribution in [2.45, 2.75) is 0 Å². The van der Waals surface area contributed by atoms with Crippen molar-refractivity contribution in [3.63, 3.8) is 0 Å². The number of anilines is 2. The Hall–Kier alpha value is -2.88. The Kier molecular flexibility index (Phi) is 4.98. The molecule has 0 aliphatic heterocycles. The highest BCUT2D eigenvalue weighted by molar-refractivity contribution is 6.32. The molecule has 0 saturated heterocycles. The maximum atomic E-state index is 13.2. The molecule has 0 amide bonds. The normalized spacial score (nSPS) is 10.2. The van der Waals surface area contributed by atoms with Gasteiger partial charge >= 0.3 is 0 Å². The number of nitrogens with one attached hydrogen (secondary N) is 1. The predicted molar refractivity (Wildman–Crippen MR) is 93.0 cm³/mol. The van der Waals surface area contributed by atoms with Crippen LogP contribution in [0.25, 0.3) is 0 Å². The van der Waals surface area contributed by atoms with Gasteiger partial charge in [-0.3, -0.25) is 0 Å². The van der Waals surface area contributed by atoms with Gasteiger partial charge in [-0.1, -0.05) is 29.3 Å². The first-order valence-electron chi connectivity index (χ1n) is 6.97. The quantitative estimate of drug-likeness (QED) is 0.624. The van der Waals surface area contributed by atoms with Crippen molar-refractivity contribution in [3.05, 3.63) is 70.3 Å². The number of halogens is 3. The Morgan fingerprint density at radius 3 is 2.68 bits per heavy atom. The molecule has 0 fully saturated rings. The van der Waals surface area contributed by atoms with Gasteiger partial charge in [0.05, 0.1) is 5.02 Å². The van der Waals surface area contributed by atoms with Gasteiger partial charge < -0.3 is 10.1 Å². The zero-order chi connectivity index (χ0) is 17.8. The molecule has 0 aliphatic rings. The molecule has 1 N–H and O–H groups in total. The van der Waals surface area contributed by atoms with Crippen LogP contribution in [0, 0.1) is 17.1 Å². The lowest BCUT2D eigenvalue weighted by molar-refractivity contribution is 0.477. The second kappa shape index (κ2) is 7.34. The fraction of sp³-hybridized carbons (Fsp3) is 0. The average molecular weight is 375 g/mol. The van der Waals surface area contributed by atoms with E-state index in [-0.39, 0.29) is 16.5 Å². The summed E-state index contributed by atoms with van der Waals surface area (Å²) in [6, 6.07) is 12.6. The highest BCUT2D eigenvalue weighted by Gasteiger charge is 2.11. The van der Waals surface area contributed by atoms with Crippen molar-refractivity contribution in [1.29, 1.82) is 5.26 Å². The largest absolute Gasteiger partial charge is 0.456 e. The van der Waals surface area contributed by atoms with Crippen LogP contribution in [0.1, 0.15) is 5.56 Å². The van der Waals surface area contributed by atoms with Crippen molar-refractivity contribution in [3.8, 4) is 17.6 Å². The van der Waals surface area contributed by atoms with Gasteiger partial charge in [0.25, 0.3) is 0 Å². The van der Waals surface area contributed by atoms with Crippen LogP contribution in [0.4, 0.5) is 15.9 Å². The van der Waals surface area contributed by atoms with Crippen molar-refractivity contribution in [2.24, 2.45) is 0 Å². The minimum atomic E-state index is -0.406. The fourth-order valence-electron chi connectivity index (χ4n) is 2.01. The lowest BCUT2D eigenvalue weighted by Gasteiger charge is -2.11. The highest BCUT2D eigenvalue weighted by atomic mass is 35.5. The van der Waals surface area contributed by atoms with Crippen LogP contribution < -0.4 is 10.1 Å². The maximum absolute atomic E-state index is 13.2. The molecular formula is C17H9Cl2FN4O. The summed E-state index contributed by atoms with van der Waals surface area (Å²) in [4.78, 5) is 7.74. The van der Waals surface area contributed by atoms with Gasteiger partial charge in [0, 0.05) is 11.8 Å². The van der Waals surface area contributed by atoms with E-state index in [1.165, 1.54) is 24.5 Å². The van der Waals surface area contributed by atoms with Crippen molar-refractivity contribution >= 4 is 34.7 Å². The molecule has 124 valence electrons. The van der Waals surface area contributed by atoms with Crippen molar-refractivity contribution < 1.29 is 9.13 Å². The molecule has 1 heterocycles. The number of hydrogen-bond acceptors (Lipinski definition) is 5. The molecule has 25 heavy (non-hydrogen) atoms. The highest BCUT2D eigenvalue weighted by Crippen LogP contribution is 2.33. The molecule has 1 aromatic heterocycles. The van der Waals surface area contributed by atoms with Gasteiger partial charge in [-0.2, -0.15) is 5.26 Å². The second-order valence-corrected chi connectivity index (χ2v) is 5.59. The minimum Gasteiger partial charge on any atom is -0.456 e. The van der Waals surface area contributed by atoms with E-state index in [0.717, 1.165) is 0 Å². The third-order valence-electron chi connectivity index (χ3n) is 3.13. The summed E-state index contributed by atoms with van der Waals surface area (Å²) in [5.74, 6) is 0.546. The zero-order valence-corrected chi connectivity index (χ0v) is 14.0. The SMILES string of the molecule is N#Cc1c(Cl)ncnc1Nc1ccc(Oc2cccc(F)c2)c(Cl)c1. The second-order valence-electron chi connectivity index (χ2n) is 4.83. The van der Waals surface area contributed by atoms with E-state index in [4.69, 9.17) is 33.2 Å². The number of hydrogen-bond donors (Lipinski definition) is 1. The molecule has 3 rings (SSSR count). The summed E-state index contributed by atoms with van der Waals surface area (Å²) >= 11 is 12.1. The lowest BCUT2D eigenvalue weighted by atomic mass is 10.2. The Morgan fingerprint density at radius 1 is 1.12 bits per heavy atom. The molecule has 0 unspecified atom stereocenters. The molecular weight excluding hydrogens is 366 g/mol. The summed E-state index contributed by atoms with van der Waals surface area (Å²) in [7, 11) is 0. The van der Waals surface area contributed by atoms with E-state index in [0.29, 0.717) is 22.2 Å². The number of aromatic nitrogens is 2. The Bertz CT molecular complexity index is 975. The van der Waals surface area contributed by atoms with Gasteiger partial charge in [-0.15, -0.1) is 0 Å². The van der Waals surface area contributed by atoms with Crippen molar-refractivity contribution in [1.82, 2.24) is 9.97 Å². The molecule has 8 heteroatoms. The van der Waals surface area contributed by atoms with Gasteiger partial charge in [0.15, 0.2) is 11.0 Å². The molecule has 0 bridgehead atoms. The van der Waals surface area contributed by atoms with Gasteiger partial charge in [0.1, 0.15) is 35.3 Å². The first-order valence-corrected chi connectivity index (χ1v) is 7.73. The minimum absolute atomic E-state index is 0.0529. The molecule has 2 aromatic carbocycles. The zero-order valence-electron chi connectivity index (χ0n) is 12.5. The van der Waals surface area contributed by atoms with E-state index >= 15 is 0 Å². The van der Waals surface area contributed by atoms with Crippen LogP contribution in [-0.2, 0) is 0 Å². The van der Waals surface area contributed by atoms with Crippen LogP contribution in [-0.4, -0.2) is 9.97 Å². The lowest BCUT2D eigenvalue weighted by Crippen LogP contribution is -1.99. The molecule has 0 atom stereocenters. The van der Waals surface area contributed by atoms with Crippen LogP contribution in [0.15, 0.2) is 48.8 Å². The average Bonchev–Trinajstić information content (AvgIpc) is 2.58. The number of ether oxygens (including phenoxy) is 1. The van der Waals surface area contributed by atoms with E-state index < -0.39 is 5.82 Å². The van der Waals surface area contributed by atoms with Crippen LogP contribution >= 0.6 is 23.2 Å². The number of nitrogens with zero attached hydrogens (tertiary/aromatic N) is 3. The van der Waals surface area contributed by atoms with Crippen LogP contribution in [0.3, 0.4) is 0 Å². The monoisotopic (exact) mass is 374 g/mol. The van der Waals surface area contributed by atoms with E-state index in [1.807, 2.05) is 6.07 Å².